The zero-order valence-electron chi connectivity index (χ0n) is 8.38. The van der Waals surface area contributed by atoms with Crippen LogP contribution in [0.25, 0.3) is 0 Å². The first kappa shape index (κ1) is 12.5. The lowest BCUT2D eigenvalue weighted by atomic mass is 10.2. The lowest BCUT2D eigenvalue weighted by Gasteiger charge is -2.18. The lowest BCUT2D eigenvalue weighted by Crippen LogP contribution is -2.37. The normalized spacial score (nSPS) is 11.3. The molecule has 0 N–H and O–H groups in total. The molecule has 1 rings (SSSR count). The number of carbonyl (C=O) groups excluding carboxylic acids is 1. The van der Waals surface area contributed by atoms with E-state index >= 15 is 0 Å². The van der Waals surface area contributed by atoms with Gasteiger partial charge in [0.2, 0.25) is 0 Å². The van der Waals surface area contributed by atoms with Crippen molar-refractivity contribution in [2.75, 3.05) is 7.05 Å². The largest absolute Gasteiger partial charge is 0.471 e. The summed E-state index contributed by atoms with van der Waals surface area (Å²) in [4.78, 5) is 11.3. The standard InChI is InChI=1S/C10H9F4NO/c1-15(9(16)10(12,13)14)6-7-2-4-8(11)5-3-7/h2-5H,6H2,1H3. The van der Waals surface area contributed by atoms with Gasteiger partial charge in [-0.2, -0.15) is 13.2 Å². The van der Waals surface area contributed by atoms with Crippen molar-refractivity contribution < 1.29 is 22.4 Å². The van der Waals surface area contributed by atoms with Gasteiger partial charge in [-0.3, -0.25) is 4.79 Å². The highest BCUT2D eigenvalue weighted by molar-refractivity contribution is 5.81. The van der Waals surface area contributed by atoms with E-state index in [9.17, 15) is 22.4 Å². The topological polar surface area (TPSA) is 20.3 Å². The van der Waals surface area contributed by atoms with Crippen LogP contribution in [0.1, 0.15) is 5.56 Å². The van der Waals surface area contributed by atoms with Crippen LogP contribution in [0.4, 0.5) is 17.6 Å². The first-order valence-corrected chi connectivity index (χ1v) is 4.37. The molecule has 0 saturated heterocycles. The monoisotopic (exact) mass is 235 g/mol. The van der Waals surface area contributed by atoms with E-state index in [-0.39, 0.29) is 6.54 Å². The second-order valence-corrected chi connectivity index (χ2v) is 3.29. The molecule has 1 aromatic rings. The molecular weight excluding hydrogens is 226 g/mol. The summed E-state index contributed by atoms with van der Waals surface area (Å²) in [5.74, 6) is -2.40. The molecule has 0 atom stereocenters. The Balaban J connectivity index is 2.68. The Kier molecular flexibility index (Phi) is 3.51. The first-order valence-electron chi connectivity index (χ1n) is 4.37. The van der Waals surface area contributed by atoms with E-state index in [0.717, 1.165) is 19.2 Å². The van der Waals surface area contributed by atoms with Crippen LogP contribution >= 0.6 is 0 Å². The Morgan fingerprint density at radius 1 is 1.25 bits per heavy atom. The molecule has 0 fully saturated rings. The average molecular weight is 235 g/mol. The van der Waals surface area contributed by atoms with Crippen LogP contribution in [0.15, 0.2) is 24.3 Å². The minimum Gasteiger partial charge on any atom is -0.334 e. The number of carbonyl (C=O) groups is 1. The van der Waals surface area contributed by atoms with Crippen molar-refractivity contribution in [3.8, 4) is 0 Å². The Labute approximate surface area is 89.5 Å². The van der Waals surface area contributed by atoms with Crippen molar-refractivity contribution in [2.45, 2.75) is 12.7 Å². The highest BCUT2D eigenvalue weighted by atomic mass is 19.4. The molecule has 2 nitrogen and oxygen atoms in total. The molecular formula is C10H9F4NO. The number of hydrogen-bond donors (Lipinski definition) is 0. The Hall–Kier alpha value is -1.59. The van der Waals surface area contributed by atoms with Gasteiger partial charge in [0.15, 0.2) is 0 Å². The fraction of sp³-hybridized carbons (Fsp3) is 0.300. The second-order valence-electron chi connectivity index (χ2n) is 3.29. The van der Waals surface area contributed by atoms with Crippen molar-refractivity contribution in [2.24, 2.45) is 0 Å². The zero-order chi connectivity index (χ0) is 12.3. The van der Waals surface area contributed by atoms with Gasteiger partial charge < -0.3 is 4.90 Å². The first-order chi connectivity index (χ1) is 7.30. The van der Waals surface area contributed by atoms with E-state index in [1.807, 2.05) is 0 Å². The van der Waals surface area contributed by atoms with E-state index in [1.165, 1.54) is 12.1 Å². The van der Waals surface area contributed by atoms with Gasteiger partial charge in [-0.1, -0.05) is 12.1 Å². The van der Waals surface area contributed by atoms with Gasteiger partial charge >= 0.3 is 12.1 Å². The summed E-state index contributed by atoms with van der Waals surface area (Å²) >= 11 is 0. The van der Waals surface area contributed by atoms with Gasteiger partial charge in [-0.05, 0) is 17.7 Å². The van der Waals surface area contributed by atoms with Crippen molar-refractivity contribution in [3.05, 3.63) is 35.6 Å². The predicted octanol–water partition coefficient (Wildman–Crippen LogP) is 2.35. The molecule has 1 aromatic carbocycles. The lowest BCUT2D eigenvalue weighted by molar-refractivity contribution is -0.184. The molecule has 16 heavy (non-hydrogen) atoms. The SMILES string of the molecule is CN(Cc1ccc(F)cc1)C(=O)C(F)(F)F. The van der Waals surface area contributed by atoms with Gasteiger partial charge in [-0.15, -0.1) is 0 Å². The van der Waals surface area contributed by atoms with E-state index in [1.54, 1.807) is 0 Å². The fourth-order valence-electron chi connectivity index (χ4n) is 1.15. The van der Waals surface area contributed by atoms with Crippen LogP contribution in [0.2, 0.25) is 0 Å². The van der Waals surface area contributed by atoms with Crippen LogP contribution in [0.3, 0.4) is 0 Å². The van der Waals surface area contributed by atoms with Crippen LogP contribution < -0.4 is 0 Å². The molecule has 1 amide bonds. The summed E-state index contributed by atoms with van der Waals surface area (Å²) in [5, 5.41) is 0. The minimum atomic E-state index is -4.88. The Morgan fingerprint density at radius 3 is 2.19 bits per heavy atom. The zero-order valence-corrected chi connectivity index (χ0v) is 8.38. The van der Waals surface area contributed by atoms with Crippen molar-refractivity contribution >= 4 is 5.91 Å². The van der Waals surface area contributed by atoms with Crippen LogP contribution in [0.5, 0.6) is 0 Å². The summed E-state index contributed by atoms with van der Waals surface area (Å²) in [6.45, 7) is -0.210. The molecule has 88 valence electrons. The number of halogens is 4. The van der Waals surface area contributed by atoms with Gasteiger partial charge in [0, 0.05) is 13.6 Å². The van der Waals surface area contributed by atoms with E-state index in [2.05, 4.69) is 0 Å². The molecule has 0 aliphatic heterocycles. The van der Waals surface area contributed by atoms with Gasteiger partial charge in [0.05, 0.1) is 0 Å². The van der Waals surface area contributed by atoms with Crippen molar-refractivity contribution in [1.29, 1.82) is 0 Å². The third kappa shape index (κ3) is 3.22. The quantitative estimate of drug-likeness (QED) is 0.720. The Morgan fingerprint density at radius 2 is 1.75 bits per heavy atom. The van der Waals surface area contributed by atoms with Crippen molar-refractivity contribution in [3.63, 3.8) is 0 Å². The number of rotatable bonds is 2. The Bertz CT molecular complexity index is 371. The van der Waals surface area contributed by atoms with Gasteiger partial charge in [0.1, 0.15) is 5.82 Å². The summed E-state index contributed by atoms with van der Waals surface area (Å²) in [7, 11) is 1.04. The smallest absolute Gasteiger partial charge is 0.334 e. The number of benzene rings is 1. The maximum Gasteiger partial charge on any atom is 0.471 e. The summed E-state index contributed by atoms with van der Waals surface area (Å²) in [6, 6.07) is 4.91. The summed E-state index contributed by atoms with van der Waals surface area (Å²) < 4.78 is 48.6. The molecule has 0 aromatic heterocycles. The number of alkyl halides is 3. The molecule has 0 bridgehead atoms. The van der Waals surface area contributed by atoms with Gasteiger partial charge in [0.25, 0.3) is 0 Å². The fourth-order valence-corrected chi connectivity index (χ4v) is 1.15. The molecule has 0 saturated carbocycles. The van der Waals surface area contributed by atoms with Gasteiger partial charge in [-0.25, -0.2) is 4.39 Å². The number of nitrogens with zero attached hydrogens (tertiary/aromatic N) is 1. The van der Waals surface area contributed by atoms with Crippen molar-refractivity contribution in [1.82, 2.24) is 4.90 Å². The summed E-state index contributed by atoms with van der Waals surface area (Å²) in [5.41, 5.74) is 0.432. The summed E-state index contributed by atoms with van der Waals surface area (Å²) in [6.07, 6.45) is -4.88. The molecule has 0 aliphatic carbocycles. The van der Waals surface area contributed by atoms with Crippen LogP contribution in [-0.2, 0) is 11.3 Å². The number of amides is 1. The molecule has 0 spiro atoms. The molecule has 0 heterocycles. The maximum absolute atomic E-state index is 12.5. The second kappa shape index (κ2) is 4.51. The number of hydrogen-bond acceptors (Lipinski definition) is 1. The molecule has 6 heteroatoms. The maximum atomic E-state index is 12.5. The average Bonchev–Trinajstić information content (AvgIpc) is 2.19. The van der Waals surface area contributed by atoms with E-state index < -0.39 is 17.9 Å². The third-order valence-corrected chi connectivity index (χ3v) is 1.92. The van der Waals surface area contributed by atoms with Crippen LogP contribution in [0, 0.1) is 5.82 Å². The molecule has 0 aliphatic rings. The van der Waals surface area contributed by atoms with Crippen LogP contribution in [-0.4, -0.2) is 24.0 Å². The molecule has 0 radical (unpaired) electrons. The highest BCUT2D eigenvalue weighted by Crippen LogP contribution is 2.18. The van der Waals surface area contributed by atoms with E-state index in [4.69, 9.17) is 0 Å². The molecule has 0 unspecified atom stereocenters. The minimum absolute atomic E-state index is 0.210. The predicted molar refractivity (Wildman–Crippen MR) is 48.9 cm³/mol. The third-order valence-electron chi connectivity index (χ3n) is 1.92. The highest BCUT2D eigenvalue weighted by Gasteiger charge is 2.41. The van der Waals surface area contributed by atoms with E-state index in [0.29, 0.717) is 10.5 Å².